The van der Waals surface area contributed by atoms with E-state index in [0.29, 0.717) is 17.5 Å². The number of nitrogens with zero attached hydrogens (tertiary/aromatic N) is 1. The normalized spacial score (nSPS) is 11.3. The zero-order valence-corrected chi connectivity index (χ0v) is 12.5. The molecule has 0 bridgehead atoms. The number of nitro groups is 1. The monoisotopic (exact) mass is 325 g/mol. The fourth-order valence-corrected chi connectivity index (χ4v) is 2.37. The zero-order chi connectivity index (χ0) is 17.2. The lowest BCUT2D eigenvalue weighted by molar-refractivity contribution is -0.384. The number of alkyl halides is 3. The van der Waals surface area contributed by atoms with E-state index >= 15 is 0 Å². The van der Waals surface area contributed by atoms with E-state index in [1.54, 1.807) is 6.92 Å². The molecule has 0 aliphatic rings. The second-order valence-corrected chi connectivity index (χ2v) is 4.86. The first kappa shape index (κ1) is 16.8. The van der Waals surface area contributed by atoms with Gasteiger partial charge in [0, 0.05) is 12.1 Å². The van der Waals surface area contributed by atoms with Crippen molar-refractivity contribution in [2.45, 2.75) is 19.5 Å². The van der Waals surface area contributed by atoms with Gasteiger partial charge in [0.15, 0.2) is 0 Å². The average molecular weight is 325 g/mol. The van der Waals surface area contributed by atoms with Gasteiger partial charge in [0.1, 0.15) is 5.75 Å². The molecule has 23 heavy (non-hydrogen) atoms. The second kappa shape index (κ2) is 6.28. The van der Waals surface area contributed by atoms with Gasteiger partial charge >= 0.3 is 6.18 Å². The molecule has 7 heteroatoms. The summed E-state index contributed by atoms with van der Waals surface area (Å²) in [6.07, 6.45) is -4.18. The molecule has 4 nitrogen and oxygen atoms in total. The van der Waals surface area contributed by atoms with Crippen molar-refractivity contribution < 1.29 is 22.8 Å². The van der Waals surface area contributed by atoms with Crippen molar-refractivity contribution in [3.05, 3.63) is 57.6 Å². The Morgan fingerprint density at radius 2 is 1.78 bits per heavy atom. The van der Waals surface area contributed by atoms with Crippen LogP contribution < -0.4 is 4.74 Å². The summed E-state index contributed by atoms with van der Waals surface area (Å²) in [6, 6.07) is 7.55. The Bertz CT molecular complexity index is 742. The first-order valence-corrected chi connectivity index (χ1v) is 6.80. The van der Waals surface area contributed by atoms with Gasteiger partial charge in [0.25, 0.3) is 5.69 Å². The van der Waals surface area contributed by atoms with Crippen molar-refractivity contribution >= 4 is 5.69 Å². The molecule has 0 radical (unpaired) electrons. The number of nitro benzene ring substituents is 1. The van der Waals surface area contributed by atoms with Gasteiger partial charge < -0.3 is 4.74 Å². The van der Waals surface area contributed by atoms with Crippen molar-refractivity contribution in [3.63, 3.8) is 0 Å². The predicted molar refractivity (Wildman–Crippen MR) is 79.5 cm³/mol. The number of hydrogen-bond acceptors (Lipinski definition) is 3. The van der Waals surface area contributed by atoms with Gasteiger partial charge in [-0.3, -0.25) is 10.1 Å². The minimum Gasteiger partial charge on any atom is -0.497 e. The molecule has 0 saturated carbocycles. The van der Waals surface area contributed by atoms with E-state index in [1.807, 2.05) is 0 Å². The summed E-state index contributed by atoms with van der Waals surface area (Å²) < 4.78 is 44.8. The Labute approximate surface area is 130 Å². The standard InChI is InChI=1S/C16H14F3NO3/c1-3-10-8-11(20(21)22)4-6-13(10)14-7-5-12(23-2)9-15(14)16(17,18)19/h4-9H,3H2,1-2H3. The molecule has 122 valence electrons. The third kappa shape index (κ3) is 3.44. The number of methoxy groups -OCH3 is 1. The number of aryl methyl sites for hydroxylation is 1. The van der Waals surface area contributed by atoms with Crippen LogP contribution in [0.15, 0.2) is 36.4 Å². The van der Waals surface area contributed by atoms with E-state index in [0.717, 1.165) is 6.07 Å². The van der Waals surface area contributed by atoms with Crippen molar-refractivity contribution in [2.24, 2.45) is 0 Å². The van der Waals surface area contributed by atoms with Gasteiger partial charge in [-0.2, -0.15) is 13.2 Å². The zero-order valence-electron chi connectivity index (χ0n) is 12.5. The highest BCUT2D eigenvalue weighted by Gasteiger charge is 2.34. The molecule has 0 N–H and O–H groups in total. The van der Waals surface area contributed by atoms with Gasteiger partial charge in [-0.05, 0) is 41.3 Å². The van der Waals surface area contributed by atoms with E-state index < -0.39 is 16.7 Å². The van der Waals surface area contributed by atoms with Crippen LogP contribution in [0.5, 0.6) is 5.75 Å². The molecular weight excluding hydrogens is 311 g/mol. The third-order valence-corrected chi connectivity index (χ3v) is 3.50. The molecule has 2 aromatic rings. The fourth-order valence-electron chi connectivity index (χ4n) is 2.37. The maximum atomic E-state index is 13.3. The lowest BCUT2D eigenvalue weighted by atomic mass is 9.93. The average Bonchev–Trinajstić information content (AvgIpc) is 2.52. The molecule has 0 fully saturated rings. The first-order valence-electron chi connectivity index (χ1n) is 6.80. The van der Waals surface area contributed by atoms with Crippen molar-refractivity contribution in [1.29, 1.82) is 0 Å². The molecule has 0 atom stereocenters. The fraction of sp³-hybridized carbons (Fsp3) is 0.250. The maximum absolute atomic E-state index is 13.3. The van der Waals surface area contributed by atoms with Gasteiger partial charge in [-0.1, -0.05) is 13.0 Å². The molecule has 0 aliphatic heterocycles. The van der Waals surface area contributed by atoms with Crippen LogP contribution in [-0.4, -0.2) is 12.0 Å². The summed E-state index contributed by atoms with van der Waals surface area (Å²) >= 11 is 0. The van der Waals surface area contributed by atoms with Crippen LogP contribution in [0.4, 0.5) is 18.9 Å². The summed E-state index contributed by atoms with van der Waals surface area (Å²) in [7, 11) is 1.29. The van der Waals surface area contributed by atoms with Crippen molar-refractivity contribution in [3.8, 4) is 16.9 Å². The van der Waals surface area contributed by atoms with Crippen LogP contribution in [0, 0.1) is 10.1 Å². The molecule has 0 unspecified atom stereocenters. The van der Waals surface area contributed by atoms with Crippen LogP contribution in [0.3, 0.4) is 0 Å². The van der Waals surface area contributed by atoms with Gasteiger partial charge in [0.2, 0.25) is 0 Å². The van der Waals surface area contributed by atoms with E-state index in [-0.39, 0.29) is 17.0 Å². The number of non-ortho nitro benzene ring substituents is 1. The molecule has 2 rings (SSSR count). The summed E-state index contributed by atoms with van der Waals surface area (Å²) in [6.45, 7) is 1.74. The largest absolute Gasteiger partial charge is 0.497 e. The van der Waals surface area contributed by atoms with E-state index in [1.165, 1.54) is 37.4 Å². The quantitative estimate of drug-likeness (QED) is 0.596. The molecule has 0 saturated heterocycles. The molecular formula is C16H14F3NO3. The van der Waals surface area contributed by atoms with Crippen molar-refractivity contribution in [1.82, 2.24) is 0 Å². The van der Waals surface area contributed by atoms with Gasteiger partial charge in [0.05, 0.1) is 17.6 Å². The predicted octanol–water partition coefficient (Wildman–Crippen LogP) is 4.85. The lowest BCUT2D eigenvalue weighted by Crippen LogP contribution is -2.08. The highest BCUT2D eigenvalue weighted by Crippen LogP contribution is 2.40. The Morgan fingerprint density at radius 3 is 2.30 bits per heavy atom. The van der Waals surface area contributed by atoms with Crippen molar-refractivity contribution in [2.75, 3.05) is 7.11 Å². The lowest BCUT2D eigenvalue weighted by Gasteiger charge is -2.16. The van der Waals surface area contributed by atoms with Crippen LogP contribution in [0.1, 0.15) is 18.1 Å². The summed E-state index contributed by atoms with van der Waals surface area (Å²) in [5.74, 6) is 0.0982. The first-order chi connectivity index (χ1) is 10.8. The second-order valence-electron chi connectivity index (χ2n) is 4.86. The number of halogens is 3. The minimum atomic E-state index is -4.56. The van der Waals surface area contributed by atoms with E-state index in [9.17, 15) is 23.3 Å². The number of benzene rings is 2. The van der Waals surface area contributed by atoms with Crippen LogP contribution >= 0.6 is 0 Å². The summed E-state index contributed by atoms with van der Waals surface area (Å²) in [5.41, 5.74) is -0.193. The Kier molecular flexibility index (Phi) is 4.58. The molecule has 2 aromatic carbocycles. The Hall–Kier alpha value is -2.57. The van der Waals surface area contributed by atoms with Gasteiger partial charge in [-0.15, -0.1) is 0 Å². The smallest absolute Gasteiger partial charge is 0.417 e. The SMILES string of the molecule is CCc1cc([N+](=O)[O-])ccc1-c1ccc(OC)cc1C(F)(F)F. The number of hydrogen-bond donors (Lipinski definition) is 0. The molecule has 0 spiro atoms. The maximum Gasteiger partial charge on any atom is 0.417 e. The van der Waals surface area contributed by atoms with Gasteiger partial charge in [-0.25, -0.2) is 0 Å². The minimum absolute atomic E-state index is 0.0231. The molecule has 0 aromatic heterocycles. The van der Waals surface area contributed by atoms with E-state index in [4.69, 9.17) is 4.74 Å². The van der Waals surface area contributed by atoms with Crippen LogP contribution in [0.2, 0.25) is 0 Å². The topological polar surface area (TPSA) is 52.4 Å². The molecule has 0 aliphatic carbocycles. The van der Waals surface area contributed by atoms with Crippen LogP contribution in [-0.2, 0) is 12.6 Å². The Morgan fingerprint density at radius 1 is 1.13 bits per heavy atom. The summed E-state index contributed by atoms with van der Waals surface area (Å²) in [5, 5.41) is 10.8. The summed E-state index contributed by atoms with van der Waals surface area (Å²) in [4.78, 5) is 10.3. The number of ether oxygens (including phenoxy) is 1. The van der Waals surface area contributed by atoms with E-state index in [2.05, 4.69) is 0 Å². The van der Waals surface area contributed by atoms with Crippen LogP contribution in [0.25, 0.3) is 11.1 Å². The Balaban J connectivity index is 2.69. The third-order valence-electron chi connectivity index (χ3n) is 3.50. The molecule has 0 amide bonds. The molecule has 0 heterocycles. The number of rotatable bonds is 4. The highest BCUT2D eigenvalue weighted by atomic mass is 19.4. The highest BCUT2D eigenvalue weighted by molar-refractivity contribution is 5.73.